The summed E-state index contributed by atoms with van der Waals surface area (Å²) in [4.78, 5) is 27.1. The quantitative estimate of drug-likeness (QED) is 0.732. The normalized spacial score (nSPS) is 16.3. The molecule has 132 valence electrons. The number of imidazole rings is 1. The largest absolute Gasteiger partial charge is 0.481 e. The van der Waals surface area contributed by atoms with Gasteiger partial charge in [0.05, 0.1) is 12.1 Å². The number of nitrogens with zero attached hydrogens (tertiary/aromatic N) is 2. The lowest BCUT2D eigenvalue weighted by atomic mass is 10.00. The van der Waals surface area contributed by atoms with Gasteiger partial charge < -0.3 is 20.7 Å². The Morgan fingerprint density at radius 1 is 1.32 bits per heavy atom. The van der Waals surface area contributed by atoms with Crippen molar-refractivity contribution in [3.8, 4) is 11.3 Å². The van der Waals surface area contributed by atoms with E-state index in [1.165, 1.54) is 0 Å². The molecule has 0 fully saturated rings. The average Bonchev–Trinajstić information content (AvgIpc) is 3.04. The predicted octanol–water partition coefficient (Wildman–Crippen LogP) is 1.28. The Balaban J connectivity index is 1.68. The highest BCUT2D eigenvalue weighted by molar-refractivity contribution is 5.94. The Kier molecular flexibility index (Phi) is 5.14. The summed E-state index contributed by atoms with van der Waals surface area (Å²) < 4.78 is 2.17. The third kappa shape index (κ3) is 4.06. The summed E-state index contributed by atoms with van der Waals surface area (Å²) in [6, 6.07) is 7.18. The number of fused-ring (bicyclic) bond motifs is 1. The van der Waals surface area contributed by atoms with Gasteiger partial charge in [-0.05, 0) is 31.0 Å². The van der Waals surface area contributed by atoms with Crippen molar-refractivity contribution in [2.45, 2.75) is 25.8 Å². The number of hydrogen-bond acceptors (Lipinski definition) is 4. The van der Waals surface area contributed by atoms with Crippen molar-refractivity contribution in [2.24, 2.45) is 11.7 Å². The van der Waals surface area contributed by atoms with Crippen molar-refractivity contribution >= 4 is 11.9 Å². The van der Waals surface area contributed by atoms with Crippen LogP contribution in [0, 0.1) is 5.92 Å². The number of aromatic nitrogens is 2. The standard InChI is InChI=1S/C18H22N4O3/c19-9-12-1-6-16-21-15(11-22(16)10-12)13-2-4-14(5-3-13)18(25)20-8-7-17(23)24/h2-5,11-12H,1,6-10,19H2,(H,20,25)(H,23,24). The first-order valence-corrected chi connectivity index (χ1v) is 8.43. The van der Waals surface area contributed by atoms with Gasteiger partial charge in [0.1, 0.15) is 5.82 Å². The minimum atomic E-state index is -0.934. The van der Waals surface area contributed by atoms with E-state index in [1.54, 1.807) is 12.1 Å². The number of rotatable bonds is 6. The van der Waals surface area contributed by atoms with Crippen LogP contribution in [0.3, 0.4) is 0 Å². The molecule has 1 aliphatic rings. The number of carbonyl (C=O) groups is 2. The monoisotopic (exact) mass is 342 g/mol. The van der Waals surface area contributed by atoms with E-state index in [4.69, 9.17) is 10.8 Å². The maximum absolute atomic E-state index is 12.0. The summed E-state index contributed by atoms with van der Waals surface area (Å²) in [7, 11) is 0. The molecule has 1 amide bonds. The van der Waals surface area contributed by atoms with Gasteiger partial charge in [-0.25, -0.2) is 4.98 Å². The highest BCUT2D eigenvalue weighted by Crippen LogP contribution is 2.24. The average molecular weight is 342 g/mol. The first-order chi connectivity index (χ1) is 12.1. The number of benzene rings is 1. The van der Waals surface area contributed by atoms with E-state index in [0.717, 1.165) is 36.5 Å². The Bertz CT molecular complexity index is 767. The summed E-state index contributed by atoms with van der Waals surface area (Å²) in [5.41, 5.74) is 8.12. The Hall–Kier alpha value is -2.67. The zero-order valence-electron chi connectivity index (χ0n) is 13.9. The lowest BCUT2D eigenvalue weighted by Crippen LogP contribution is -2.25. The molecule has 25 heavy (non-hydrogen) atoms. The van der Waals surface area contributed by atoms with Crippen LogP contribution in [0.1, 0.15) is 29.0 Å². The number of aryl methyl sites for hydroxylation is 1. The van der Waals surface area contributed by atoms with Crippen LogP contribution in [0.15, 0.2) is 30.5 Å². The molecule has 1 atom stereocenters. The minimum absolute atomic E-state index is 0.0895. The van der Waals surface area contributed by atoms with Crippen molar-refractivity contribution in [1.29, 1.82) is 0 Å². The van der Waals surface area contributed by atoms with Crippen LogP contribution >= 0.6 is 0 Å². The number of carbonyl (C=O) groups excluding carboxylic acids is 1. The molecule has 0 saturated carbocycles. The third-order valence-electron chi connectivity index (χ3n) is 4.49. The molecule has 2 heterocycles. The maximum Gasteiger partial charge on any atom is 0.305 e. The van der Waals surface area contributed by atoms with E-state index in [-0.39, 0.29) is 18.9 Å². The van der Waals surface area contributed by atoms with Crippen molar-refractivity contribution < 1.29 is 14.7 Å². The van der Waals surface area contributed by atoms with Crippen LogP contribution in [0.5, 0.6) is 0 Å². The molecule has 0 aliphatic carbocycles. The van der Waals surface area contributed by atoms with E-state index in [2.05, 4.69) is 14.9 Å². The zero-order chi connectivity index (χ0) is 17.8. The van der Waals surface area contributed by atoms with Gasteiger partial charge in [-0.1, -0.05) is 12.1 Å². The molecule has 3 rings (SSSR count). The molecule has 0 bridgehead atoms. The molecular formula is C18H22N4O3. The molecule has 4 N–H and O–H groups in total. The van der Waals surface area contributed by atoms with Crippen LogP contribution < -0.4 is 11.1 Å². The molecule has 1 unspecified atom stereocenters. The van der Waals surface area contributed by atoms with Gasteiger partial charge in [-0.2, -0.15) is 0 Å². The topological polar surface area (TPSA) is 110 Å². The van der Waals surface area contributed by atoms with E-state index in [9.17, 15) is 9.59 Å². The van der Waals surface area contributed by atoms with Gasteiger partial charge in [0.2, 0.25) is 0 Å². The van der Waals surface area contributed by atoms with Crippen LogP contribution in [-0.2, 0) is 17.8 Å². The van der Waals surface area contributed by atoms with Gasteiger partial charge in [-0.3, -0.25) is 9.59 Å². The first kappa shape index (κ1) is 17.2. The highest BCUT2D eigenvalue weighted by Gasteiger charge is 2.19. The van der Waals surface area contributed by atoms with E-state index < -0.39 is 5.97 Å². The number of carboxylic acids is 1. The van der Waals surface area contributed by atoms with Crippen molar-refractivity contribution in [2.75, 3.05) is 13.1 Å². The molecule has 2 aromatic rings. The third-order valence-corrected chi connectivity index (χ3v) is 4.49. The number of hydrogen-bond donors (Lipinski definition) is 3. The molecule has 7 nitrogen and oxygen atoms in total. The maximum atomic E-state index is 12.0. The summed E-state index contributed by atoms with van der Waals surface area (Å²) in [5, 5.41) is 11.2. The fraction of sp³-hybridized carbons (Fsp3) is 0.389. The molecule has 1 aromatic carbocycles. The molecule has 1 aliphatic heterocycles. The van der Waals surface area contributed by atoms with Gasteiger partial charge in [0.15, 0.2) is 0 Å². The molecule has 0 spiro atoms. The van der Waals surface area contributed by atoms with Crippen molar-refractivity contribution in [3.05, 3.63) is 41.9 Å². The second kappa shape index (κ2) is 7.48. The predicted molar refractivity (Wildman–Crippen MR) is 93.1 cm³/mol. The number of nitrogens with two attached hydrogens (primary N) is 1. The molecule has 0 saturated heterocycles. The lowest BCUT2D eigenvalue weighted by Gasteiger charge is -2.21. The molecule has 1 aromatic heterocycles. The van der Waals surface area contributed by atoms with Crippen LogP contribution in [0.25, 0.3) is 11.3 Å². The number of aliphatic carboxylic acids is 1. The summed E-state index contributed by atoms with van der Waals surface area (Å²) in [6.07, 6.45) is 3.96. The second-order valence-corrected chi connectivity index (χ2v) is 6.31. The molecular weight excluding hydrogens is 320 g/mol. The van der Waals surface area contributed by atoms with Crippen molar-refractivity contribution in [1.82, 2.24) is 14.9 Å². The number of amides is 1. The molecule has 7 heteroatoms. The fourth-order valence-corrected chi connectivity index (χ4v) is 3.02. The lowest BCUT2D eigenvalue weighted by molar-refractivity contribution is -0.136. The summed E-state index contributed by atoms with van der Waals surface area (Å²) >= 11 is 0. The van der Waals surface area contributed by atoms with Gasteiger partial charge in [0, 0.05) is 36.8 Å². The summed E-state index contributed by atoms with van der Waals surface area (Å²) in [6.45, 7) is 1.72. The van der Waals surface area contributed by atoms with E-state index in [1.807, 2.05) is 18.3 Å². The number of nitrogens with one attached hydrogen (secondary N) is 1. The smallest absolute Gasteiger partial charge is 0.305 e. The molecule has 0 radical (unpaired) electrons. The van der Waals surface area contributed by atoms with E-state index >= 15 is 0 Å². The Labute approximate surface area is 145 Å². The first-order valence-electron chi connectivity index (χ1n) is 8.43. The van der Waals surface area contributed by atoms with Crippen molar-refractivity contribution in [3.63, 3.8) is 0 Å². The Morgan fingerprint density at radius 2 is 2.08 bits per heavy atom. The fourth-order valence-electron chi connectivity index (χ4n) is 3.02. The van der Waals surface area contributed by atoms with Crippen LogP contribution in [-0.4, -0.2) is 39.6 Å². The van der Waals surface area contributed by atoms with Gasteiger partial charge in [0.25, 0.3) is 5.91 Å². The minimum Gasteiger partial charge on any atom is -0.481 e. The highest BCUT2D eigenvalue weighted by atomic mass is 16.4. The van der Waals surface area contributed by atoms with Gasteiger partial charge in [-0.15, -0.1) is 0 Å². The number of carboxylic acid groups (broad SMARTS) is 1. The SMILES string of the molecule is NCC1CCc2nc(-c3ccc(C(=O)NCCC(=O)O)cc3)cn2C1. The van der Waals surface area contributed by atoms with E-state index in [0.29, 0.717) is 18.0 Å². The van der Waals surface area contributed by atoms with Crippen LogP contribution in [0.4, 0.5) is 0 Å². The zero-order valence-corrected chi connectivity index (χ0v) is 13.9. The van der Waals surface area contributed by atoms with Gasteiger partial charge >= 0.3 is 5.97 Å². The second-order valence-electron chi connectivity index (χ2n) is 6.31. The summed E-state index contributed by atoms with van der Waals surface area (Å²) in [5.74, 6) is 0.376. The van der Waals surface area contributed by atoms with Crippen LogP contribution in [0.2, 0.25) is 0 Å². The Morgan fingerprint density at radius 3 is 2.76 bits per heavy atom.